The zero-order valence-electron chi connectivity index (χ0n) is 12.4. The van der Waals surface area contributed by atoms with Crippen LogP contribution in [0.2, 0.25) is 0 Å². The molecule has 4 heteroatoms. The van der Waals surface area contributed by atoms with Crippen molar-refractivity contribution < 1.29 is 9.53 Å². The third kappa shape index (κ3) is 6.29. The van der Waals surface area contributed by atoms with Gasteiger partial charge in [0, 0.05) is 13.6 Å². The Kier molecular flexibility index (Phi) is 8.12. The fourth-order valence-corrected chi connectivity index (χ4v) is 2.12. The van der Waals surface area contributed by atoms with E-state index in [1.807, 2.05) is 24.3 Å². The van der Waals surface area contributed by atoms with E-state index in [2.05, 4.69) is 6.92 Å². The summed E-state index contributed by atoms with van der Waals surface area (Å²) in [4.78, 5) is 13.1. The number of unbranched alkanes of at least 4 members (excludes halogenated alkanes) is 3. The van der Waals surface area contributed by atoms with Gasteiger partial charge in [0.25, 0.3) is 0 Å². The van der Waals surface area contributed by atoms with Crippen molar-refractivity contribution in [3.8, 4) is 5.75 Å². The number of carbonyl (C=O) groups excluding carboxylic acids is 1. The molecule has 0 atom stereocenters. The molecule has 0 N–H and O–H groups in total. The van der Waals surface area contributed by atoms with Crippen molar-refractivity contribution >= 4 is 17.5 Å². The molecular weight excluding hydrogens is 274 g/mol. The molecule has 0 fully saturated rings. The summed E-state index contributed by atoms with van der Waals surface area (Å²) in [5, 5.41) is 0. The van der Waals surface area contributed by atoms with E-state index in [9.17, 15) is 4.79 Å². The Balaban J connectivity index is 2.43. The van der Waals surface area contributed by atoms with Crippen LogP contribution in [0.25, 0.3) is 0 Å². The first-order chi connectivity index (χ1) is 9.67. The smallest absolute Gasteiger partial charge is 0.237 e. The number of rotatable bonds is 9. The van der Waals surface area contributed by atoms with Crippen molar-refractivity contribution in [3.63, 3.8) is 0 Å². The summed E-state index contributed by atoms with van der Waals surface area (Å²) in [6.45, 7) is 3.50. The molecule has 20 heavy (non-hydrogen) atoms. The van der Waals surface area contributed by atoms with Gasteiger partial charge < -0.3 is 9.64 Å². The van der Waals surface area contributed by atoms with Crippen molar-refractivity contribution in [1.29, 1.82) is 0 Å². The first kappa shape index (κ1) is 16.8. The van der Waals surface area contributed by atoms with E-state index in [0.29, 0.717) is 6.54 Å². The summed E-state index contributed by atoms with van der Waals surface area (Å²) in [5.74, 6) is 0.813. The van der Waals surface area contributed by atoms with Crippen LogP contribution in [0, 0.1) is 0 Å². The molecule has 0 aromatic heterocycles. The summed E-state index contributed by atoms with van der Waals surface area (Å²) in [7, 11) is 1.75. The molecule has 1 amide bonds. The molecule has 0 radical (unpaired) electrons. The molecule has 0 aliphatic rings. The summed E-state index contributed by atoms with van der Waals surface area (Å²) >= 11 is 5.54. The second-order valence-electron chi connectivity index (χ2n) is 4.94. The second kappa shape index (κ2) is 9.65. The molecule has 1 rings (SSSR count). The summed E-state index contributed by atoms with van der Waals surface area (Å²) in [5.41, 5.74) is 1.05. The zero-order chi connectivity index (χ0) is 14.8. The number of benzene rings is 1. The maximum atomic E-state index is 11.4. The van der Waals surface area contributed by atoms with E-state index >= 15 is 0 Å². The topological polar surface area (TPSA) is 29.5 Å². The molecule has 0 saturated carbocycles. The maximum absolute atomic E-state index is 11.4. The lowest BCUT2D eigenvalue weighted by atomic mass is 10.2. The van der Waals surface area contributed by atoms with Crippen molar-refractivity contribution in [2.45, 2.75) is 39.2 Å². The predicted octanol–water partition coefficient (Wildman–Crippen LogP) is 3.84. The van der Waals surface area contributed by atoms with Gasteiger partial charge in [-0.3, -0.25) is 4.79 Å². The van der Waals surface area contributed by atoms with Crippen molar-refractivity contribution in [2.24, 2.45) is 0 Å². The Morgan fingerprint density at radius 3 is 2.80 bits per heavy atom. The van der Waals surface area contributed by atoms with Gasteiger partial charge in [0.1, 0.15) is 11.6 Å². The van der Waals surface area contributed by atoms with Gasteiger partial charge in [-0.05, 0) is 24.1 Å². The molecule has 1 aromatic carbocycles. The molecule has 0 spiro atoms. The van der Waals surface area contributed by atoms with E-state index in [4.69, 9.17) is 16.3 Å². The van der Waals surface area contributed by atoms with Gasteiger partial charge in [0.05, 0.1) is 6.61 Å². The van der Waals surface area contributed by atoms with Gasteiger partial charge in [-0.25, -0.2) is 0 Å². The van der Waals surface area contributed by atoms with Crippen LogP contribution in [-0.2, 0) is 11.3 Å². The predicted molar refractivity (Wildman–Crippen MR) is 83.3 cm³/mol. The van der Waals surface area contributed by atoms with E-state index in [1.165, 1.54) is 19.3 Å². The Morgan fingerprint density at radius 1 is 1.30 bits per heavy atom. The average molecular weight is 298 g/mol. The van der Waals surface area contributed by atoms with Crippen LogP contribution >= 0.6 is 11.6 Å². The molecule has 3 nitrogen and oxygen atoms in total. The molecular formula is C16H24ClNO2. The van der Waals surface area contributed by atoms with E-state index in [1.54, 1.807) is 11.9 Å². The van der Waals surface area contributed by atoms with Gasteiger partial charge in [-0.1, -0.05) is 38.3 Å². The SMILES string of the molecule is CCCCCCOc1cccc(CN(C)C(=O)CCl)c1. The van der Waals surface area contributed by atoms with E-state index in [-0.39, 0.29) is 11.8 Å². The highest BCUT2D eigenvalue weighted by molar-refractivity contribution is 6.27. The van der Waals surface area contributed by atoms with Gasteiger partial charge in [0.2, 0.25) is 5.91 Å². The summed E-state index contributed by atoms with van der Waals surface area (Å²) in [6.07, 6.45) is 4.79. The fraction of sp³-hybridized carbons (Fsp3) is 0.562. The van der Waals surface area contributed by atoms with E-state index in [0.717, 1.165) is 24.3 Å². The molecule has 0 bridgehead atoms. The molecule has 0 saturated heterocycles. The Hall–Kier alpha value is -1.22. The summed E-state index contributed by atoms with van der Waals surface area (Å²) in [6, 6.07) is 7.88. The molecule has 1 aromatic rings. The van der Waals surface area contributed by atoms with Crippen LogP contribution < -0.4 is 4.74 Å². The van der Waals surface area contributed by atoms with Crippen molar-refractivity contribution in [2.75, 3.05) is 19.5 Å². The van der Waals surface area contributed by atoms with Gasteiger partial charge in [0.15, 0.2) is 0 Å². The number of alkyl halides is 1. The largest absolute Gasteiger partial charge is 0.494 e. The van der Waals surface area contributed by atoms with E-state index < -0.39 is 0 Å². The van der Waals surface area contributed by atoms with Crippen LogP contribution in [0.4, 0.5) is 0 Å². The number of carbonyl (C=O) groups is 1. The van der Waals surface area contributed by atoms with Crippen LogP contribution in [-0.4, -0.2) is 30.3 Å². The molecule has 0 aliphatic carbocycles. The normalized spacial score (nSPS) is 10.3. The fourth-order valence-electron chi connectivity index (χ4n) is 1.92. The Bertz CT molecular complexity index is 409. The quantitative estimate of drug-likeness (QED) is 0.512. The second-order valence-corrected chi connectivity index (χ2v) is 5.21. The number of nitrogens with zero attached hydrogens (tertiary/aromatic N) is 1. The third-order valence-electron chi connectivity index (χ3n) is 3.12. The zero-order valence-corrected chi connectivity index (χ0v) is 13.2. The highest BCUT2D eigenvalue weighted by atomic mass is 35.5. The van der Waals surface area contributed by atoms with Crippen LogP contribution in [0.1, 0.15) is 38.2 Å². The van der Waals surface area contributed by atoms with Gasteiger partial charge in [-0.2, -0.15) is 0 Å². The van der Waals surface area contributed by atoms with Crippen LogP contribution in [0.5, 0.6) is 5.75 Å². The Morgan fingerprint density at radius 2 is 2.10 bits per heavy atom. The number of hydrogen-bond donors (Lipinski definition) is 0. The average Bonchev–Trinajstić information content (AvgIpc) is 2.46. The lowest BCUT2D eigenvalue weighted by Crippen LogP contribution is -2.27. The van der Waals surface area contributed by atoms with Crippen LogP contribution in [0.3, 0.4) is 0 Å². The minimum absolute atomic E-state index is 0.0180. The third-order valence-corrected chi connectivity index (χ3v) is 3.35. The molecule has 0 aliphatic heterocycles. The number of amides is 1. The maximum Gasteiger partial charge on any atom is 0.237 e. The first-order valence-corrected chi connectivity index (χ1v) is 7.72. The highest BCUT2D eigenvalue weighted by Gasteiger charge is 2.07. The minimum atomic E-state index is -0.0717. The lowest BCUT2D eigenvalue weighted by molar-refractivity contribution is -0.127. The highest BCUT2D eigenvalue weighted by Crippen LogP contribution is 2.15. The van der Waals surface area contributed by atoms with Gasteiger partial charge >= 0.3 is 0 Å². The first-order valence-electron chi connectivity index (χ1n) is 7.19. The van der Waals surface area contributed by atoms with Crippen molar-refractivity contribution in [3.05, 3.63) is 29.8 Å². The monoisotopic (exact) mass is 297 g/mol. The summed E-state index contributed by atoms with van der Waals surface area (Å²) < 4.78 is 5.73. The number of ether oxygens (including phenoxy) is 1. The lowest BCUT2D eigenvalue weighted by Gasteiger charge is -2.16. The molecule has 0 unspecified atom stereocenters. The Labute approximate surface area is 126 Å². The van der Waals surface area contributed by atoms with Crippen molar-refractivity contribution in [1.82, 2.24) is 4.90 Å². The molecule has 0 heterocycles. The number of halogens is 1. The van der Waals surface area contributed by atoms with Gasteiger partial charge in [-0.15, -0.1) is 11.6 Å². The van der Waals surface area contributed by atoms with Crippen LogP contribution in [0.15, 0.2) is 24.3 Å². The molecule has 112 valence electrons. The number of hydrogen-bond acceptors (Lipinski definition) is 2. The standard InChI is InChI=1S/C16H24ClNO2/c1-3-4-5-6-10-20-15-9-7-8-14(11-15)13-18(2)16(19)12-17/h7-9,11H,3-6,10,12-13H2,1-2H3. The minimum Gasteiger partial charge on any atom is -0.494 e.